The summed E-state index contributed by atoms with van der Waals surface area (Å²) in [6.45, 7) is 23.4. The Morgan fingerprint density at radius 3 is 0.913 bits per heavy atom. The van der Waals surface area contributed by atoms with Crippen molar-refractivity contribution in [3.63, 3.8) is 0 Å². The molecule has 0 aliphatic carbocycles. The molecule has 0 aromatic rings. The smallest absolute Gasteiger partial charge is 0.315 e. The summed E-state index contributed by atoms with van der Waals surface area (Å²) in [5, 5.41) is 8.57. The third-order valence-corrected chi connectivity index (χ3v) is 2.15. The molecule has 0 atom stereocenters. The Labute approximate surface area is 143 Å². The molecule has 0 fully saturated rings. The summed E-state index contributed by atoms with van der Waals surface area (Å²) < 4.78 is 0. The first-order chi connectivity index (χ1) is 9.73. The van der Waals surface area contributed by atoms with Crippen LogP contribution < -0.4 is 16.0 Å². The number of nitrogens with one attached hydrogen (secondary N) is 3. The van der Waals surface area contributed by atoms with Gasteiger partial charge in [0, 0.05) is 22.0 Å². The lowest BCUT2D eigenvalue weighted by atomic mass is 9.94. The summed E-state index contributed by atoms with van der Waals surface area (Å²) >= 11 is 0. The molecule has 23 heavy (non-hydrogen) atoms. The van der Waals surface area contributed by atoms with Gasteiger partial charge in [0.1, 0.15) is 0 Å². The Kier molecular flexibility index (Phi) is 8.37. The molecule has 0 radical (unpaired) electrons. The van der Waals surface area contributed by atoms with Crippen molar-refractivity contribution in [3.8, 4) is 0 Å². The quantitative estimate of drug-likeness (QED) is 0.632. The number of hydrogen-bond acceptors (Lipinski definition) is 2. The standard InChI is InChI=1S/C9H20N2O.C9H19NO/c1-8(2,3)10-7(12)11-9(4,5)6;1-8(2,3)7(11)10-9(4,5)6/h1-6H3,(H2,10,11,12);1-6H3,(H,10,11). The molecule has 0 aliphatic rings. The van der Waals surface area contributed by atoms with Crippen molar-refractivity contribution in [2.45, 2.75) is 99.7 Å². The van der Waals surface area contributed by atoms with Crippen LogP contribution in [0.3, 0.4) is 0 Å². The van der Waals surface area contributed by atoms with Gasteiger partial charge in [-0.25, -0.2) is 4.79 Å². The summed E-state index contributed by atoms with van der Waals surface area (Å²) in [6.07, 6.45) is 0. The highest BCUT2D eigenvalue weighted by molar-refractivity contribution is 5.81. The predicted molar refractivity (Wildman–Crippen MR) is 98.5 cm³/mol. The molecule has 0 rings (SSSR count). The first-order valence-electron chi connectivity index (χ1n) is 8.16. The SMILES string of the molecule is CC(C)(C)NC(=O)C(C)(C)C.CC(C)(C)NC(=O)NC(C)(C)C. The monoisotopic (exact) mass is 329 g/mol. The van der Waals surface area contributed by atoms with E-state index in [-0.39, 0.29) is 34.0 Å². The molecule has 5 heteroatoms. The minimum atomic E-state index is -0.284. The topological polar surface area (TPSA) is 70.2 Å². The fourth-order valence-electron chi connectivity index (χ4n) is 1.24. The van der Waals surface area contributed by atoms with Crippen LogP contribution in [-0.2, 0) is 4.79 Å². The zero-order chi connectivity index (χ0) is 19.3. The molecule has 3 N–H and O–H groups in total. The maximum atomic E-state index is 11.4. The molecule has 0 aromatic carbocycles. The molecular weight excluding hydrogens is 290 g/mol. The number of carbonyl (C=O) groups excluding carboxylic acids is 2. The molecule has 0 unspecified atom stereocenters. The van der Waals surface area contributed by atoms with E-state index in [4.69, 9.17) is 0 Å². The Balaban J connectivity index is 0. The lowest BCUT2D eigenvalue weighted by molar-refractivity contribution is -0.130. The van der Waals surface area contributed by atoms with E-state index >= 15 is 0 Å². The van der Waals surface area contributed by atoms with Gasteiger partial charge < -0.3 is 16.0 Å². The summed E-state index contributed by atoms with van der Waals surface area (Å²) in [4.78, 5) is 22.6. The van der Waals surface area contributed by atoms with Gasteiger partial charge in [-0.1, -0.05) is 20.8 Å². The minimum absolute atomic E-state index is 0.102. The molecule has 3 amide bonds. The average molecular weight is 330 g/mol. The van der Waals surface area contributed by atoms with E-state index in [0.717, 1.165) is 0 Å². The van der Waals surface area contributed by atoms with Crippen LogP contribution in [0.25, 0.3) is 0 Å². The first-order valence-corrected chi connectivity index (χ1v) is 8.16. The summed E-state index contributed by atoms with van der Waals surface area (Å²) in [5.41, 5.74) is -0.748. The van der Waals surface area contributed by atoms with Crippen LogP contribution in [0.5, 0.6) is 0 Å². The Bertz CT molecular complexity index is 370. The van der Waals surface area contributed by atoms with Gasteiger partial charge in [-0.05, 0) is 62.3 Å². The molecular formula is C18H39N3O2. The molecule has 0 aliphatic heterocycles. The third kappa shape index (κ3) is 18.7. The highest BCUT2D eigenvalue weighted by Crippen LogP contribution is 2.14. The molecule has 0 spiro atoms. The molecule has 0 saturated heterocycles. The van der Waals surface area contributed by atoms with Crippen LogP contribution in [0.4, 0.5) is 4.79 Å². The molecule has 138 valence electrons. The second-order valence-corrected chi connectivity index (χ2v) is 10.0. The molecule has 5 nitrogen and oxygen atoms in total. The van der Waals surface area contributed by atoms with E-state index in [1.165, 1.54) is 0 Å². The summed E-state index contributed by atoms with van der Waals surface area (Å²) in [6, 6.07) is -0.116. The predicted octanol–water partition coefficient (Wildman–Crippen LogP) is 3.83. The van der Waals surface area contributed by atoms with Crippen molar-refractivity contribution in [1.29, 1.82) is 0 Å². The van der Waals surface area contributed by atoms with Crippen molar-refractivity contribution in [2.75, 3.05) is 0 Å². The van der Waals surface area contributed by atoms with E-state index in [1.54, 1.807) is 0 Å². The number of rotatable bonds is 0. The van der Waals surface area contributed by atoms with Crippen molar-refractivity contribution in [2.24, 2.45) is 5.41 Å². The van der Waals surface area contributed by atoms with Crippen LogP contribution in [0, 0.1) is 5.41 Å². The van der Waals surface area contributed by atoms with Crippen molar-refractivity contribution < 1.29 is 9.59 Å². The Hall–Kier alpha value is -1.26. The van der Waals surface area contributed by atoms with E-state index < -0.39 is 0 Å². The fraction of sp³-hybridized carbons (Fsp3) is 0.889. The van der Waals surface area contributed by atoms with E-state index in [0.29, 0.717) is 0 Å². The first kappa shape index (κ1) is 24.0. The number of urea groups is 1. The second-order valence-electron chi connectivity index (χ2n) is 10.0. The van der Waals surface area contributed by atoms with E-state index in [2.05, 4.69) is 16.0 Å². The number of carbonyl (C=O) groups is 2. The van der Waals surface area contributed by atoms with Crippen LogP contribution in [-0.4, -0.2) is 28.6 Å². The largest absolute Gasteiger partial charge is 0.351 e. The zero-order valence-corrected chi connectivity index (χ0v) is 17.3. The van der Waals surface area contributed by atoms with Gasteiger partial charge in [0.15, 0.2) is 0 Å². The summed E-state index contributed by atoms with van der Waals surface area (Å²) in [5.74, 6) is 0.102. The van der Waals surface area contributed by atoms with E-state index in [9.17, 15) is 9.59 Å². The lowest BCUT2D eigenvalue weighted by Crippen LogP contribution is -2.52. The minimum Gasteiger partial charge on any atom is -0.351 e. The normalized spacial score (nSPS) is 12.7. The van der Waals surface area contributed by atoms with Crippen LogP contribution in [0.15, 0.2) is 0 Å². The van der Waals surface area contributed by atoms with Gasteiger partial charge in [0.05, 0.1) is 0 Å². The molecule has 0 aromatic heterocycles. The Morgan fingerprint density at radius 2 is 0.783 bits per heavy atom. The average Bonchev–Trinajstić information content (AvgIpc) is 2.06. The fourth-order valence-corrected chi connectivity index (χ4v) is 1.24. The van der Waals surface area contributed by atoms with E-state index in [1.807, 2.05) is 83.1 Å². The summed E-state index contributed by atoms with van der Waals surface area (Å²) in [7, 11) is 0. The van der Waals surface area contributed by atoms with Crippen molar-refractivity contribution in [3.05, 3.63) is 0 Å². The number of hydrogen-bond donors (Lipinski definition) is 3. The Morgan fingerprint density at radius 1 is 0.522 bits per heavy atom. The molecule has 0 saturated carbocycles. The maximum absolute atomic E-state index is 11.4. The van der Waals surface area contributed by atoms with Gasteiger partial charge in [-0.15, -0.1) is 0 Å². The second kappa shape index (κ2) is 8.02. The van der Waals surface area contributed by atoms with Crippen molar-refractivity contribution in [1.82, 2.24) is 16.0 Å². The van der Waals surface area contributed by atoms with Gasteiger partial charge in [-0.2, -0.15) is 0 Å². The highest BCUT2D eigenvalue weighted by Gasteiger charge is 2.24. The molecule has 0 bridgehead atoms. The lowest BCUT2D eigenvalue weighted by Gasteiger charge is -2.26. The van der Waals surface area contributed by atoms with Gasteiger partial charge in [0.2, 0.25) is 5.91 Å². The maximum Gasteiger partial charge on any atom is 0.315 e. The van der Waals surface area contributed by atoms with Crippen LogP contribution in [0.1, 0.15) is 83.1 Å². The van der Waals surface area contributed by atoms with Gasteiger partial charge in [-0.3, -0.25) is 4.79 Å². The van der Waals surface area contributed by atoms with Crippen LogP contribution >= 0.6 is 0 Å². The highest BCUT2D eigenvalue weighted by atomic mass is 16.2. The van der Waals surface area contributed by atoms with Crippen LogP contribution in [0.2, 0.25) is 0 Å². The van der Waals surface area contributed by atoms with Gasteiger partial charge in [0.25, 0.3) is 0 Å². The molecule has 0 heterocycles. The number of amides is 3. The third-order valence-electron chi connectivity index (χ3n) is 2.15. The van der Waals surface area contributed by atoms with Gasteiger partial charge >= 0.3 is 6.03 Å². The zero-order valence-electron chi connectivity index (χ0n) is 17.3. The van der Waals surface area contributed by atoms with Crippen molar-refractivity contribution >= 4 is 11.9 Å².